The highest BCUT2D eigenvalue weighted by molar-refractivity contribution is 6.32. The summed E-state index contributed by atoms with van der Waals surface area (Å²) in [7, 11) is 0. The van der Waals surface area contributed by atoms with Gasteiger partial charge in [0.25, 0.3) is 18.2 Å². The zero-order valence-corrected chi connectivity index (χ0v) is 21.7. The number of hydrogen-bond donors (Lipinski definition) is 2. The fraction of sp³-hybridized carbons (Fsp3) is 0.321. The molecule has 0 radical (unpaired) electrons. The number of anilines is 1. The van der Waals surface area contributed by atoms with Crippen LogP contribution in [0.15, 0.2) is 60.8 Å². The molecule has 10 heteroatoms. The lowest BCUT2D eigenvalue weighted by molar-refractivity contribution is -0.132. The molecule has 6 nitrogen and oxygen atoms in total. The minimum Gasteiger partial charge on any atom is -0.372 e. The molecular weight excluding hydrogens is 535 g/mol. The number of nitrogens with one attached hydrogen (secondary N) is 1. The second-order valence-corrected chi connectivity index (χ2v) is 10.5. The summed E-state index contributed by atoms with van der Waals surface area (Å²) >= 11 is 12.3. The first-order valence-electron chi connectivity index (χ1n) is 12.3. The SMILES string of the molecule is O=C(N[C@H]1CC[C@H](CN2C(=O)C(O)(c3ccccc3Cl)c3ccccc32)CC1)c1cc(Cl)cnc1C(F)F. The van der Waals surface area contributed by atoms with Crippen molar-refractivity contribution >= 4 is 40.7 Å². The number of benzene rings is 2. The van der Waals surface area contributed by atoms with E-state index < -0.39 is 29.5 Å². The summed E-state index contributed by atoms with van der Waals surface area (Å²) < 4.78 is 26.6. The molecule has 1 atom stereocenters. The van der Waals surface area contributed by atoms with Gasteiger partial charge in [0.15, 0.2) is 5.60 Å². The molecule has 198 valence electrons. The topological polar surface area (TPSA) is 82.5 Å². The van der Waals surface area contributed by atoms with Crippen molar-refractivity contribution in [3.8, 4) is 0 Å². The molecule has 1 aliphatic heterocycles. The van der Waals surface area contributed by atoms with Crippen molar-refractivity contribution in [1.29, 1.82) is 0 Å². The maximum absolute atomic E-state index is 13.7. The van der Waals surface area contributed by atoms with Gasteiger partial charge in [-0.3, -0.25) is 14.6 Å². The van der Waals surface area contributed by atoms with Crippen LogP contribution in [0.4, 0.5) is 14.5 Å². The first kappa shape index (κ1) is 26.5. The van der Waals surface area contributed by atoms with Crippen LogP contribution < -0.4 is 10.2 Å². The molecule has 0 saturated heterocycles. The van der Waals surface area contributed by atoms with Crippen LogP contribution in [-0.4, -0.2) is 34.5 Å². The molecule has 5 rings (SSSR count). The normalized spacial score (nSPS) is 23.0. The van der Waals surface area contributed by atoms with Crippen LogP contribution in [-0.2, 0) is 10.4 Å². The lowest BCUT2D eigenvalue weighted by atomic mass is 9.85. The zero-order valence-electron chi connectivity index (χ0n) is 20.2. The number of nitrogens with zero attached hydrogens (tertiary/aromatic N) is 2. The summed E-state index contributed by atoms with van der Waals surface area (Å²) in [6, 6.07) is 14.9. The molecule has 1 saturated carbocycles. The highest BCUT2D eigenvalue weighted by atomic mass is 35.5. The molecule has 1 aromatic heterocycles. The van der Waals surface area contributed by atoms with Crippen LogP contribution in [0.25, 0.3) is 0 Å². The first-order valence-corrected chi connectivity index (χ1v) is 13.1. The molecule has 2 aromatic carbocycles. The number of pyridine rings is 1. The molecular formula is C28H25Cl2F2N3O3. The molecule has 38 heavy (non-hydrogen) atoms. The van der Waals surface area contributed by atoms with Crippen LogP contribution in [0.1, 0.15) is 59.3 Å². The highest BCUT2D eigenvalue weighted by Gasteiger charge is 2.52. The second-order valence-electron chi connectivity index (χ2n) is 9.70. The average Bonchev–Trinajstić information content (AvgIpc) is 3.12. The summed E-state index contributed by atoms with van der Waals surface area (Å²) in [6.45, 7) is 0.400. The monoisotopic (exact) mass is 559 g/mol. The lowest BCUT2D eigenvalue weighted by Gasteiger charge is -2.32. The fourth-order valence-electron chi connectivity index (χ4n) is 5.45. The second kappa shape index (κ2) is 10.6. The van der Waals surface area contributed by atoms with Gasteiger partial charge < -0.3 is 15.3 Å². The number of amides is 2. The predicted molar refractivity (Wildman–Crippen MR) is 141 cm³/mol. The quantitative estimate of drug-likeness (QED) is 0.394. The maximum Gasteiger partial charge on any atom is 0.281 e. The van der Waals surface area contributed by atoms with E-state index in [0.717, 1.165) is 6.20 Å². The van der Waals surface area contributed by atoms with Gasteiger partial charge in [-0.25, -0.2) is 8.78 Å². The van der Waals surface area contributed by atoms with Gasteiger partial charge in [0.1, 0.15) is 5.69 Å². The van der Waals surface area contributed by atoms with Crippen LogP contribution in [0.5, 0.6) is 0 Å². The van der Waals surface area contributed by atoms with Gasteiger partial charge in [0.05, 0.1) is 16.3 Å². The minimum absolute atomic E-state index is 0.107. The Labute approximate surface area is 228 Å². The van der Waals surface area contributed by atoms with Crippen LogP contribution in [0, 0.1) is 5.92 Å². The number of hydrogen-bond acceptors (Lipinski definition) is 4. The molecule has 1 unspecified atom stereocenters. The molecule has 2 amide bonds. The Bertz CT molecular complexity index is 1380. The van der Waals surface area contributed by atoms with E-state index in [2.05, 4.69) is 10.3 Å². The standard InChI is InChI=1S/C28H25Cl2F2N3O3/c29-17-13-19(24(25(31)32)33-14-17)26(36)34-18-11-9-16(10-12-18)15-35-23-8-4-2-6-21(23)28(38,27(35)37)20-5-1-3-7-22(20)30/h1-8,13-14,16,18,25,38H,9-12,15H2,(H,34,36)/t16-,18-,28?. The van der Waals surface area contributed by atoms with Gasteiger partial charge in [0.2, 0.25) is 0 Å². The van der Waals surface area contributed by atoms with E-state index in [1.165, 1.54) is 6.07 Å². The third-order valence-corrected chi connectivity index (χ3v) is 7.90. The fourth-order valence-corrected chi connectivity index (χ4v) is 5.88. The van der Waals surface area contributed by atoms with Crippen molar-refractivity contribution in [1.82, 2.24) is 10.3 Å². The number of aromatic nitrogens is 1. The predicted octanol–water partition coefficient (Wildman–Crippen LogP) is 5.90. The van der Waals surface area contributed by atoms with Gasteiger partial charge in [-0.05, 0) is 49.8 Å². The largest absolute Gasteiger partial charge is 0.372 e. The van der Waals surface area contributed by atoms with Crippen molar-refractivity contribution in [3.05, 3.63) is 93.2 Å². The molecule has 0 bridgehead atoms. The van der Waals surface area contributed by atoms with Crippen LogP contribution in [0.3, 0.4) is 0 Å². The summed E-state index contributed by atoms with van der Waals surface area (Å²) in [5, 5.41) is 14.9. The summed E-state index contributed by atoms with van der Waals surface area (Å²) in [6.07, 6.45) is 0.845. The molecule has 2 aliphatic rings. The minimum atomic E-state index is -2.89. The molecule has 0 spiro atoms. The lowest BCUT2D eigenvalue weighted by Crippen LogP contribution is -2.44. The number of fused-ring (bicyclic) bond motifs is 1. The molecule has 3 aromatic rings. The number of aliphatic hydroxyl groups is 1. The Morgan fingerprint density at radius 3 is 2.42 bits per heavy atom. The van der Waals surface area contributed by atoms with Gasteiger partial charge >= 0.3 is 0 Å². The molecule has 1 aliphatic carbocycles. The summed E-state index contributed by atoms with van der Waals surface area (Å²) in [5.74, 6) is -0.958. The maximum atomic E-state index is 13.7. The summed E-state index contributed by atoms with van der Waals surface area (Å²) in [4.78, 5) is 31.6. The van der Waals surface area contributed by atoms with Crippen molar-refractivity contribution in [2.24, 2.45) is 5.92 Å². The van der Waals surface area contributed by atoms with Crippen LogP contribution >= 0.6 is 23.2 Å². The van der Waals surface area contributed by atoms with Crippen molar-refractivity contribution < 1.29 is 23.5 Å². The third-order valence-electron chi connectivity index (χ3n) is 7.36. The van der Waals surface area contributed by atoms with E-state index in [4.69, 9.17) is 23.2 Å². The van der Waals surface area contributed by atoms with Crippen molar-refractivity contribution in [3.63, 3.8) is 0 Å². The Kier molecular flexibility index (Phi) is 7.40. The van der Waals surface area contributed by atoms with Gasteiger partial charge in [-0.1, -0.05) is 59.6 Å². The van der Waals surface area contributed by atoms with E-state index in [1.54, 1.807) is 41.3 Å². The number of halogens is 4. The van der Waals surface area contributed by atoms with E-state index in [0.29, 0.717) is 54.1 Å². The van der Waals surface area contributed by atoms with Gasteiger partial charge in [0, 0.05) is 34.9 Å². The zero-order chi connectivity index (χ0) is 27.0. The smallest absolute Gasteiger partial charge is 0.281 e. The Morgan fingerprint density at radius 2 is 1.74 bits per heavy atom. The van der Waals surface area contributed by atoms with Crippen LogP contribution in [0.2, 0.25) is 10.0 Å². The number of para-hydroxylation sites is 1. The highest BCUT2D eigenvalue weighted by Crippen LogP contribution is 2.47. The Hall–Kier alpha value is -3.07. The van der Waals surface area contributed by atoms with E-state index in [9.17, 15) is 23.5 Å². The first-order chi connectivity index (χ1) is 18.2. The van der Waals surface area contributed by atoms with E-state index >= 15 is 0 Å². The number of carbonyl (C=O) groups excluding carboxylic acids is 2. The van der Waals surface area contributed by atoms with E-state index in [-0.39, 0.29) is 22.5 Å². The number of alkyl halides is 2. The van der Waals surface area contributed by atoms with Gasteiger partial charge in [-0.15, -0.1) is 0 Å². The number of rotatable bonds is 6. The van der Waals surface area contributed by atoms with Crippen molar-refractivity contribution in [2.45, 2.75) is 43.8 Å². The number of carbonyl (C=O) groups is 2. The summed E-state index contributed by atoms with van der Waals surface area (Å²) in [5.41, 5.74) is -1.24. The Balaban J connectivity index is 1.27. The third kappa shape index (κ3) is 4.77. The molecule has 1 fully saturated rings. The average molecular weight is 560 g/mol. The molecule has 2 heterocycles. The van der Waals surface area contributed by atoms with Crippen molar-refractivity contribution in [2.75, 3.05) is 11.4 Å². The van der Waals surface area contributed by atoms with E-state index in [1.807, 2.05) is 12.1 Å². The van der Waals surface area contributed by atoms with Gasteiger partial charge in [-0.2, -0.15) is 0 Å². The Morgan fingerprint density at radius 1 is 1.08 bits per heavy atom. The molecule has 2 N–H and O–H groups in total.